The first-order chi connectivity index (χ1) is 7.36. The van der Waals surface area contributed by atoms with Crippen molar-refractivity contribution >= 4 is 17.7 Å². The molecular formula is C11H16O5. The molecule has 0 unspecified atom stereocenters. The molecule has 0 spiro atoms. The summed E-state index contributed by atoms with van der Waals surface area (Å²) in [7, 11) is 0. The lowest BCUT2D eigenvalue weighted by Crippen LogP contribution is -2.32. The second-order valence-corrected chi connectivity index (χ2v) is 3.41. The van der Waals surface area contributed by atoms with Crippen LogP contribution in [-0.2, 0) is 14.4 Å². The number of rotatable bonds is 6. The van der Waals surface area contributed by atoms with Crippen LogP contribution >= 0.6 is 0 Å². The Balaban J connectivity index is 5.25. The maximum atomic E-state index is 11.7. The number of carbonyl (C=O) groups excluding carboxylic acids is 1. The van der Waals surface area contributed by atoms with Crippen LogP contribution in [0.4, 0.5) is 0 Å². The number of allylic oxidation sites excluding steroid dienone is 2. The third kappa shape index (κ3) is 3.18. The first kappa shape index (κ1) is 14.3. The summed E-state index contributed by atoms with van der Waals surface area (Å²) in [5.41, 5.74) is 1.04. The first-order valence-corrected chi connectivity index (χ1v) is 5.05. The number of Topliss-reactive ketones (excluding diaryl/α,β-unsaturated/α-hetero) is 1. The normalized spacial score (nSPS) is 10.0. The van der Waals surface area contributed by atoms with Gasteiger partial charge in [0.2, 0.25) is 5.92 Å². The van der Waals surface area contributed by atoms with Crippen LogP contribution in [0, 0.1) is 5.92 Å². The SMILES string of the molecule is CCC(CC)=C(C)C(=O)C(C(=O)O)C(=O)O. The number of carbonyl (C=O) groups is 3. The van der Waals surface area contributed by atoms with Gasteiger partial charge in [-0.2, -0.15) is 0 Å². The third-order valence-corrected chi connectivity index (χ3v) is 2.51. The van der Waals surface area contributed by atoms with E-state index in [1.54, 1.807) is 0 Å². The van der Waals surface area contributed by atoms with E-state index in [0.29, 0.717) is 12.8 Å². The molecule has 90 valence electrons. The molecule has 0 aromatic rings. The van der Waals surface area contributed by atoms with Gasteiger partial charge in [0.1, 0.15) is 0 Å². The Hall–Kier alpha value is -1.65. The predicted molar refractivity (Wildman–Crippen MR) is 57.1 cm³/mol. The van der Waals surface area contributed by atoms with E-state index in [9.17, 15) is 14.4 Å². The van der Waals surface area contributed by atoms with E-state index in [0.717, 1.165) is 5.57 Å². The van der Waals surface area contributed by atoms with Crippen LogP contribution in [0.2, 0.25) is 0 Å². The van der Waals surface area contributed by atoms with E-state index in [2.05, 4.69) is 0 Å². The van der Waals surface area contributed by atoms with Crippen molar-refractivity contribution in [1.29, 1.82) is 0 Å². The fourth-order valence-electron chi connectivity index (χ4n) is 1.50. The zero-order valence-corrected chi connectivity index (χ0v) is 9.61. The Kier molecular flexibility index (Phi) is 5.42. The summed E-state index contributed by atoms with van der Waals surface area (Å²) < 4.78 is 0. The summed E-state index contributed by atoms with van der Waals surface area (Å²) in [6.45, 7) is 5.15. The highest BCUT2D eigenvalue weighted by Crippen LogP contribution is 2.17. The number of ketones is 1. The Morgan fingerprint density at radius 2 is 1.38 bits per heavy atom. The molecule has 0 rings (SSSR count). The molecule has 0 aliphatic heterocycles. The summed E-state index contributed by atoms with van der Waals surface area (Å²) in [6, 6.07) is 0. The number of hydrogen-bond donors (Lipinski definition) is 2. The molecule has 0 aromatic carbocycles. The van der Waals surface area contributed by atoms with Gasteiger partial charge in [0.25, 0.3) is 0 Å². The number of carboxylic acid groups (broad SMARTS) is 2. The lowest BCUT2D eigenvalue weighted by atomic mass is 9.93. The van der Waals surface area contributed by atoms with Crippen LogP contribution in [0.1, 0.15) is 33.6 Å². The van der Waals surface area contributed by atoms with E-state index in [1.807, 2.05) is 13.8 Å². The molecule has 0 amide bonds. The van der Waals surface area contributed by atoms with Crippen molar-refractivity contribution in [2.75, 3.05) is 0 Å². The van der Waals surface area contributed by atoms with Crippen LogP contribution in [-0.4, -0.2) is 27.9 Å². The molecule has 2 N–H and O–H groups in total. The van der Waals surface area contributed by atoms with Gasteiger partial charge in [-0.3, -0.25) is 14.4 Å². The van der Waals surface area contributed by atoms with E-state index >= 15 is 0 Å². The zero-order valence-electron chi connectivity index (χ0n) is 9.61. The van der Waals surface area contributed by atoms with E-state index in [4.69, 9.17) is 10.2 Å². The molecule has 0 aliphatic rings. The Labute approximate surface area is 93.8 Å². The number of aliphatic carboxylic acids is 2. The molecule has 0 fully saturated rings. The van der Waals surface area contributed by atoms with Gasteiger partial charge in [-0.25, -0.2) is 0 Å². The van der Waals surface area contributed by atoms with Crippen molar-refractivity contribution < 1.29 is 24.6 Å². The van der Waals surface area contributed by atoms with Crippen molar-refractivity contribution in [2.45, 2.75) is 33.6 Å². The summed E-state index contributed by atoms with van der Waals surface area (Å²) in [6.07, 6.45) is 1.22. The molecule has 0 aromatic heterocycles. The molecule has 5 heteroatoms. The quantitative estimate of drug-likeness (QED) is 0.530. The minimum Gasteiger partial charge on any atom is -0.480 e. The molecule has 0 radical (unpaired) electrons. The van der Waals surface area contributed by atoms with Gasteiger partial charge in [0, 0.05) is 0 Å². The minimum absolute atomic E-state index is 0.250. The highest BCUT2D eigenvalue weighted by atomic mass is 16.4. The van der Waals surface area contributed by atoms with Crippen LogP contribution in [0.25, 0.3) is 0 Å². The van der Waals surface area contributed by atoms with Crippen molar-refractivity contribution in [3.63, 3.8) is 0 Å². The van der Waals surface area contributed by atoms with Gasteiger partial charge >= 0.3 is 11.9 Å². The molecular weight excluding hydrogens is 212 g/mol. The van der Waals surface area contributed by atoms with Crippen LogP contribution in [0.5, 0.6) is 0 Å². The largest absolute Gasteiger partial charge is 0.480 e. The topological polar surface area (TPSA) is 91.7 Å². The van der Waals surface area contributed by atoms with Gasteiger partial charge in [0.15, 0.2) is 5.78 Å². The summed E-state index contributed by atoms with van der Waals surface area (Å²) >= 11 is 0. The van der Waals surface area contributed by atoms with Gasteiger partial charge in [-0.15, -0.1) is 0 Å². The first-order valence-electron chi connectivity index (χ1n) is 5.05. The van der Waals surface area contributed by atoms with Crippen molar-refractivity contribution in [1.82, 2.24) is 0 Å². The Morgan fingerprint density at radius 3 is 1.62 bits per heavy atom. The van der Waals surface area contributed by atoms with Crippen LogP contribution in [0.15, 0.2) is 11.1 Å². The van der Waals surface area contributed by atoms with E-state index in [1.165, 1.54) is 6.92 Å². The molecule has 0 saturated carbocycles. The summed E-state index contributed by atoms with van der Waals surface area (Å²) in [5.74, 6) is -6.07. The van der Waals surface area contributed by atoms with Gasteiger partial charge in [-0.1, -0.05) is 19.4 Å². The summed E-state index contributed by atoms with van der Waals surface area (Å²) in [4.78, 5) is 33.0. The van der Waals surface area contributed by atoms with Crippen molar-refractivity contribution in [3.8, 4) is 0 Å². The molecule has 0 aliphatic carbocycles. The second-order valence-electron chi connectivity index (χ2n) is 3.41. The lowest BCUT2D eigenvalue weighted by Gasteiger charge is -2.10. The maximum absolute atomic E-state index is 11.7. The van der Waals surface area contributed by atoms with Gasteiger partial charge in [-0.05, 0) is 25.3 Å². The zero-order chi connectivity index (χ0) is 12.9. The average molecular weight is 228 g/mol. The smallest absolute Gasteiger partial charge is 0.325 e. The van der Waals surface area contributed by atoms with Crippen molar-refractivity contribution in [2.24, 2.45) is 5.92 Å². The monoisotopic (exact) mass is 228 g/mol. The fourth-order valence-corrected chi connectivity index (χ4v) is 1.50. The Morgan fingerprint density at radius 1 is 1.00 bits per heavy atom. The molecule has 5 nitrogen and oxygen atoms in total. The highest BCUT2D eigenvalue weighted by Gasteiger charge is 2.34. The van der Waals surface area contributed by atoms with E-state index in [-0.39, 0.29) is 5.57 Å². The molecule has 0 bridgehead atoms. The summed E-state index contributed by atoms with van der Waals surface area (Å²) in [5, 5.41) is 17.3. The predicted octanol–water partition coefficient (Wildman–Crippen LogP) is 1.48. The number of carboxylic acids is 2. The second kappa shape index (κ2) is 6.05. The molecule has 16 heavy (non-hydrogen) atoms. The third-order valence-electron chi connectivity index (χ3n) is 2.51. The van der Waals surface area contributed by atoms with E-state index < -0.39 is 23.6 Å². The Bertz CT molecular complexity index is 320. The average Bonchev–Trinajstić information content (AvgIpc) is 2.18. The van der Waals surface area contributed by atoms with Gasteiger partial charge in [0.05, 0.1) is 0 Å². The van der Waals surface area contributed by atoms with Gasteiger partial charge < -0.3 is 10.2 Å². The molecule has 0 atom stereocenters. The minimum atomic E-state index is -1.99. The molecule has 0 heterocycles. The fraction of sp³-hybridized carbons (Fsp3) is 0.545. The number of hydrogen-bond acceptors (Lipinski definition) is 3. The maximum Gasteiger partial charge on any atom is 0.325 e. The standard InChI is InChI=1S/C11H16O5/c1-4-7(5-2)6(3)9(12)8(10(13)14)11(15)16/h8H,4-5H2,1-3H3,(H,13,14)(H,15,16). The van der Waals surface area contributed by atoms with Crippen LogP contribution < -0.4 is 0 Å². The highest BCUT2D eigenvalue weighted by molar-refractivity contribution is 6.19. The molecule has 0 saturated heterocycles. The van der Waals surface area contributed by atoms with Crippen molar-refractivity contribution in [3.05, 3.63) is 11.1 Å². The lowest BCUT2D eigenvalue weighted by molar-refractivity contribution is -0.156. The van der Waals surface area contributed by atoms with Crippen LogP contribution in [0.3, 0.4) is 0 Å².